The largest absolute Gasteiger partial charge is 0.373 e. The molecule has 0 spiro atoms. The van der Waals surface area contributed by atoms with E-state index in [1.54, 1.807) is 0 Å². The Kier molecular flexibility index (Phi) is 5.53. The van der Waals surface area contributed by atoms with Crippen LogP contribution in [0.15, 0.2) is 24.3 Å². The van der Waals surface area contributed by atoms with Crippen molar-refractivity contribution in [1.82, 2.24) is 20.1 Å². The second-order valence-electron chi connectivity index (χ2n) is 7.60. The highest BCUT2D eigenvalue weighted by Gasteiger charge is 2.26. The Labute approximate surface area is 160 Å². The summed E-state index contributed by atoms with van der Waals surface area (Å²) in [7, 11) is 0. The maximum absolute atomic E-state index is 12.5. The van der Waals surface area contributed by atoms with Crippen LogP contribution in [0.2, 0.25) is 0 Å². The number of amides is 1. The van der Waals surface area contributed by atoms with Gasteiger partial charge >= 0.3 is 0 Å². The van der Waals surface area contributed by atoms with Crippen LogP contribution in [0.25, 0.3) is 0 Å². The molecule has 0 saturated heterocycles. The Morgan fingerprint density at radius 2 is 2.15 bits per heavy atom. The van der Waals surface area contributed by atoms with Crippen molar-refractivity contribution in [2.75, 3.05) is 13.2 Å². The van der Waals surface area contributed by atoms with Crippen LogP contribution in [-0.4, -0.2) is 33.8 Å². The van der Waals surface area contributed by atoms with Crippen LogP contribution in [0.5, 0.6) is 0 Å². The molecule has 0 fully saturated rings. The van der Waals surface area contributed by atoms with Gasteiger partial charge in [0, 0.05) is 26.1 Å². The monoisotopic (exact) mass is 368 g/mol. The van der Waals surface area contributed by atoms with Crippen LogP contribution >= 0.6 is 0 Å². The number of aryl methyl sites for hydroxylation is 3. The lowest BCUT2D eigenvalue weighted by molar-refractivity contribution is -0.126. The zero-order valence-corrected chi connectivity index (χ0v) is 16.0. The van der Waals surface area contributed by atoms with Gasteiger partial charge < -0.3 is 14.6 Å². The molecular formula is C21H28N4O2. The molecule has 27 heavy (non-hydrogen) atoms. The molecule has 2 atom stereocenters. The number of nitrogens with one attached hydrogen (secondary N) is 1. The van der Waals surface area contributed by atoms with E-state index in [2.05, 4.69) is 44.3 Å². The number of carbonyl (C=O) groups excluding carboxylic acids is 1. The van der Waals surface area contributed by atoms with Gasteiger partial charge in [-0.1, -0.05) is 24.3 Å². The zero-order valence-electron chi connectivity index (χ0n) is 16.0. The van der Waals surface area contributed by atoms with Crippen molar-refractivity contribution in [1.29, 1.82) is 0 Å². The fraction of sp³-hybridized carbons (Fsp3) is 0.571. The van der Waals surface area contributed by atoms with Gasteiger partial charge in [-0.25, -0.2) is 0 Å². The fourth-order valence-corrected chi connectivity index (χ4v) is 4.21. The maximum Gasteiger partial charge on any atom is 0.224 e. The number of ether oxygens (including phenoxy) is 1. The number of benzene rings is 1. The third-order valence-corrected chi connectivity index (χ3v) is 5.76. The summed E-state index contributed by atoms with van der Waals surface area (Å²) in [4.78, 5) is 12.5. The van der Waals surface area contributed by atoms with Gasteiger partial charge in [0.15, 0.2) is 0 Å². The van der Waals surface area contributed by atoms with E-state index >= 15 is 0 Å². The molecule has 1 amide bonds. The number of nitrogens with zero attached hydrogens (tertiary/aromatic N) is 3. The highest BCUT2D eigenvalue weighted by molar-refractivity contribution is 5.78. The molecule has 0 bridgehead atoms. The number of hydrogen-bond donors (Lipinski definition) is 1. The van der Waals surface area contributed by atoms with E-state index < -0.39 is 0 Å². The zero-order chi connectivity index (χ0) is 18.6. The summed E-state index contributed by atoms with van der Waals surface area (Å²) in [5, 5.41) is 11.3. The van der Waals surface area contributed by atoms with Crippen molar-refractivity contribution in [3.05, 3.63) is 47.0 Å². The first-order chi connectivity index (χ1) is 13.2. The molecule has 6 heteroatoms. The van der Waals surface area contributed by atoms with Gasteiger partial charge in [-0.3, -0.25) is 4.79 Å². The molecule has 1 aromatic heterocycles. The van der Waals surface area contributed by atoms with Gasteiger partial charge in [0.1, 0.15) is 11.6 Å². The molecule has 2 heterocycles. The first-order valence-electron chi connectivity index (χ1n) is 10.1. The Hall–Kier alpha value is -2.21. The van der Waals surface area contributed by atoms with Crippen LogP contribution in [0.1, 0.15) is 54.6 Å². The van der Waals surface area contributed by atoms with E-state index in [9.17, 15) is 4.79 Å². The highest BCUT2D eigenvalue weighted by atomic mass is 16.5. The number of aromatic nitrogens is 3. The summed E-state index contributed by atoms with van der Waals surface area (Å²) >= 11 is 0. The summed E-state index contributed by atoms with van der Waals surface area (Å²) in [6.07, 6.45) is 6.15. The molecule has 1 aromatic carbocycles. The Bertz CT molecular complexity index is 801. The average Bonchev–Trinajstić information content (AvgIpc) is 3.08. The van der Waals surface area contributed by atoms with E-state index in [1.807, 2.05) is 6.92 Å². The van der Waals surface area contributed by atoms with Crippen molar-refractivity contribution in [2.45, 2.75) is 58.1 Å². The molecular weight excluding hydrogens is 340 g/mol. The molecule has 2 aromatic rings. The van der Waals surface area contributed by atoms with Crippen LogP contribution in [0.3, 0.4) is 0 Å². The van der Waals surface area contributed by atoms with Crippen molar-refractivity contribution in [3.8, 4) is 0 Å². The van der Waals surface area contributed by atoms with Crippen LogP contribution < -0.4 is 5.32 Å². The van der Waals surface area contributed by atoms with Gasteiger partial charge in [-0.05, 0) is 50.2 Å². The second kappa shape index (κ2) is 8.21. The normalized spacial score (nSPS) is 21.4. The molecule has 6 nitrogen and oxygen atoms in total. The summed E-state index contributed by atoms with van der Waals surface area (Å²) in [5.41, 5.74) is 2.76. The van der Waals surface area contributed by atoms with Crippen LogP contribution in [0, 0.1) is 12.8 Å². The molecule has 1 aliphatic carbocycles. The van der Waals surface area contributed by atoms with Crippen molar-refractivity contribution in [2.24, 2.45) is 5.92 Å². The molecule has 2 aliphatic rings. The summed E-state index contributed by atoms with van der Waals surface area (Å²) < 4.78 is 8.18. The van der Waals surface area contributed by atoms with Gasteiger partial charge in [0.25, 0.3) is 0 Å². The Balaban J connectivity index is 1.19. The summed E-state index contributed by atoms with van der Waals surface area (Å²) in [6, 6.07) is 8.59. The lowest BCUT2D eigenvalue weighted by Crippen LogP contribution is -2.37. The first-order valence-corrected chi connectivity index (χ1v) is 10.1. The first kappa shape index (κ1) is 18.2. The Morgan fingerprint density at radius 1 is 1.26 bits per heavy atom. The number of fused-ring (bicyclic) bond motifs is 2. The third kappa shape index (κ3) is 4.05. The van der Waals surface area contributed by atoms with Gasteiger partial charge in [0.05, 0.1) is 12.0 Å². The molecule has 144 valence electrons. The lowest BCUT2D eigenvalue weighted by Gasteiger charge is -2.26. The maximum atomic E-state index is 12.5. The van der Waals surface area contributed by atoms with Crippen LogP contribution in [0.4, 0.5) is 0 Å². The van der Waals surface area contributed by atoms with Gasteiger partial charge in [-0.2, -0.15) is 0 Å². The molecule has 0 saturated carbocycles. The minimum Gasteiger partial charge on any atom is -0.373 e. The summed E-state index contributed by atoms with van der Waals surface area (Å²) in [5.74, 6) is 2.04. The van der Waals surface area contributed by atoms with E-state index in [0.717, 1.165) is 43.8 Å². The predicted octanol–water partition coefficient (Wildman–Crippen LogP) is 2.75. The van der Waals surface area contributed by atoms with E-state index in [-0.39, 0.29) is 17.9 Å². The third-order valence-electron chi connectivity index (χ3n) is 5.76. The molecule has 1 aliphatic heterocycles. The van der Waals surface area contributed by atoms with E-state index in [0.29, 0.717) is 19.7 Å². The SMILES string of the molecule is Cc1nnc2n1CC(C(=O)NCCCOC1CCCc3ccccc31)CC2. The van der Waals surface area contributed by atoms with Crippen molar-refractivity contribution < 1.29 is 9.53 Å². The lowest BCUT2D eigenvalue weighted by atomic mass is 9.89. The highest BCUT2D eigenvalue weighted by Crippen LogP contribution is 2.32. The Morgan fingerprint density at radius 3 is 3.07 bits per heavy atom. The smallest absolute Gasteiger partial charge is 0.224 e. The number of hydrogen-bond acceptors (Lipinski definition) is 4. The minimum atomic E-state index is 0.0124. The quantitative estimate of drug-likeness (QED) is 0.796. The average molecular weight is 368 g/mol. The second-order valence-corrected chi connectivity index (χ2v) is 7.60. The molecule has 1 N–H and O–H groups in total. The predicted molar refractivity (Wildman–Crippen MR) is 102 cm³/mol. The number of rotatable bonds is 6. The minimum absolute atomic E-state index is 0.0124. The van der Waals surface area contributed by atoms with Gasteiger partial charge in [-0.15, -0.1) is 10.2 Å². The standard InChI is InChI=1S/C21H28N4O2/c1-15-23-24-20-11-10-17(14-25(15)20)21(26)22-12-5-13-27-19-9-4-7-16-6-2-3-8-18(16)19/h2-3,6,8,17,19H,4-5,7,9-14H2,1H3,(H,22,26). The van der Waals surface area contributed by atoms with Gasteiger partial charge in [0.2, 0.25) is 5.91 Å². The van der Waals surface area contributed by atoms with E-state index in [4.69, 9.17) is 4.74 Å². The van der Waals surface area contributed by atoms with Crippen molar-refractivity contribution >= 4 is 5.91 Å². The summed E-state index contributed by atoms with van der Waals surface area (Å²) in [6.45, 7) is 3.98. The number of carbonyl (C=O) groups is 1. The van der Waals surface area contributed by atoms with Crippen molar-refractivity contribution in [3.63, 3.8) is 0 Å². The topological polar surface area (TPSA) is 69.0 Å². The fourth-order valence-electron chi connectivity index (χ4n) is 4.21. The molecule has 2 unspecified atom stereocenters. The van der Waals surface area contributed by atoms with E-state index in [1.165, 1.54) is 17.5 Å². The molecule has 4 rings (SSSR count). The van der Waals surface area contributed by atoms with Crippen LogP contribution in [-0.2, 0) is 28.9 Å². The molecule has 0 radical (unpaired) electrons.